The SMILES string of the molecule is c1cc(-c2cccc3c2sc2c3ccc3oc4ccccc4c32)cc(N(c2ccc(-c3cccc4c3sc3ccccc34)cc2)c2cccc3c2oc2ccccc23)c1. The topological polar surface area (TPSA) is 29.5 Å². The fourth-order valence-corrected chi connectivity index (χ4v) is 11.8. The smallest absolute Gasteiger partial charge is 0.159 e. The molecule has 0 radical (unpaired) electrons. The normalized spacial score (nSPS) is 12.1. The van der Waals surface area contributed by atoms with Crippen molar-refractivity contribution in [3.05, 3.63) is 188 Å². The van der Waals surface area contributed by atoms with Gasteiger partial charge in [0.05, 0.1) is 5.69 Å². The van der Waals surface area contributed by atoms with E-state index in [0.29, 0.717) is 0 Å². The minimum atomic E-state index is 0.862. The third kappa shape index (κ3) is 4.93. The van der Waals surface area contributed by atoms with Gasteiger partial charge in [0.2, 0.25) is 0 Å². The van der Waals surface area contributed by atoms with E-state index in [9.17, 15) is 0 Å². The molecule has 0 bridgehead atoms. The summed E-state index contributed by atoms with van der Waals surface area (Å²) in [6.45, 7) is 0. The molecule has 276 valence electrons. The molecule has 0 aliphatic rings. The van der Waals surface area contributed by atoms with Crippen LogP contribution in [0.15, 0.2) is 197 Å². The number of hydrogen-bond acceptors (Lipinski definition) is 5. The van der Waals surface area contributed by atoms with E-state index >= 15 is 0 Å². The van der Waals surface area contributed by atoms with Gasteiger partial charge in [-0.15, -0.1) is 22.7 Å². The molecule has 4 aromatic heterocycles. The second kappa shape index (κ2) is 12.7. The Kier molecular flexibility index (Phi) is 7.05. The maximum absolute atomic E-state index is 6.70. The number of thiophene rings is 2. The van der Waals surface area contributed by atoms with Crippen LogP contribution in [0.3, 0.4) is 0 Å². The van der Waals surface area contributed by atoms with Gasteiger partial charge in [0.1, 0.15) is 16.7 Å². The van der Waals surface area contributed by atoms with Gasteiger partial charge in [-0.3, -0.25) is 0 Å². The Morgan fingerprint density at radius 2 is 0.983 bits per heavy atom. The average molecular weight is 790 g/mol. The molecular formula is C54H31NO2S2. The van der Waals surface area contributed by atoms with Crippen LogP contribution in [0.2, 0.25) is 0 Å². The van der Waals surface area contributed by atoms with E-state index in [-0.39, 0.29) is 0 Å². The lowest BCUT2D eigenvalue weighted by atomic mass is 10.0. The van der Waals surface area contributed by atoms with Gasteiger partial charge in [-0.2, -0.15) is 0 Å². The molecule has 59 heavy (non-hydrogen) atoms. The van der Waals surface area contributed by atoms with Gasteiger partial charge in [0, 0.05) is 73.3 Å². The molecule has 0 saturated heterocycles. The Bertz CT molecular complexity index is 3810. The van der Waals surface area contributed by atoms with Crippen molar-refractivity contribution in [2.45, 2.75) is 0 Å². The molecule has 0 N–H and O–H groups in total. The monoisotopic (exact) mass is 789 g/mol. The van der Waals surface area contributed by atoms with E-state index in [1.54, 1.807) is 0 Å². The van der Waals surface area contributed by atoms with E-state index < -0.39 is 0 Å². The molecule has 9 aromatic carbocycles. The summed E-state index contributed by atoms with van der Waals surface area (Å²) in [6.07, 6.45) is 0. The van der Waals surface area contributed by atoms with Gasteiger partial charge in [-0.1, -0.05) is 127 Å². The molecule has 5 heteroatoms. The van der Waals surface area contributed by atoms with Crippen LogP contribution in [-0.4, -0.2) is 0 Å². The highest BCUT2D eigenvalue weighted by Gasteiger charge is 2.22. The van der Waals surface area contributed by atoms with Crippen LogP contribution in [0.1, 0.15) is 0 Å². The van der Waals surface area contributed by atoms with Gasteiger partial charge in [0.15, 0.2) is 5.58 Å². The van der Waals surface area contributed by atoms with Crippen molar-refractivity contribution >= 4 is 124 Å². The van der Waals surface area contributed by atoms with Crippen molar-refractivity contribution < 1.29 is 8.83 Å². The second-order valence-electron chi connectivity index (χ2n) is 15.2. The number of hydrogen-bond donors (Lipinski definition) is 0. The standard InChI is InChI=1S/C54H31NO2S2/c1-4-22-46-38(13-1)40-18-10-21-45(51(40)57-46)55(34-27-25-32(26-28-34)36-16-8-19-41-39-14-3-6-24-49(39)58-52(36)41)35-12-7-11-33(31-35)37-17-9-20-42-43-29-30-48-50(54(43)59-53(37)42)44-15-2-5-23-47(44)56-48/h1-31H. The zero-order chi connectivity index (χ0) is 38.6. The number of rotatable bonds is 5. The van der Waals surface area contributed by atoms with E-state index in [0.717, 1.165) is 61.1 Å². The van der Waals surface area contributed by atoms with E-state index in [1.165, 1.54) is 62.4 Å². The van der Waals surface area contributed by atoms with Crippen molar-refractivity contribution in [1.29, 1.82) is 0 Å². The minimum Gasteiger partial charge on any atom is -0.456 e. The molecule has 0 amide bonds. The van der Waals surface area contributed by atoms with E-state index in [1.807, 2.05) is 34.8 Å². The summed E-state index contributed by atoms with van der Waals surface area (Å²) in [5.41, 5.74) is 11.5. The summed E-state index contributed by atoms with van der Waals surface area (Å²) in [4.78, 5) is 2.35. The largest absolute Gasteiger partial charge is 0.456 e. The summed E-state index contributed by atoms with van der Waals surface area (Å²) >= 11 is 3.72. The Morgan fingerprint density at radius 1 is 0.356 bits per heavy atom. The van der Waals surface area contributed by atoms with Crippen LogP contribution in [-0.2, 0) is 0 Å². The quantitative estimate of drug-likeness (QED) is 0.174. The maximum atomic E-state index is 6.70. The van der Waals surface area contributed by atoms with Crippen molar-refractivity contribution in [2.75, 3.05) is 4.90 Å². The molecule has 0 saturated carbocycles. The molecule has 13 aromatic rings. The van der Waals surface area contributed by atoms with Crippen LogP contribution in [0, 0.1) is 0 Å². The third-order valence-corrected chi connectivity index (χ3v) is 14.4. The molecule has 0 fully saturated rings. The Hall–Kier alpha value is -7.18. The maximum Gasteiger partial charge on any atom is 0.159 e. The van der Waals surface area contributed by atoms with Gasteiger partial charge in [-0.25, -0.2) is 0 Å². The first-order valence-corrected chi connectivity index (χ1v) is 21.5. The molecule has 13 rings (SSSR count). The molecular weight excluding hydrogens is 759 g/mol. The summed E-state index contributed by atoms with van der Waals surface area (Å²) < 4.78 is 18.2. The summed E-state index contributed by atoms with van der Waals surface area (Å²) in [6, 6.07) is 67.6. The highest BCUT2D eigenvalue weighted by molar-refractivity contribution is 7.27. The molecule has 0 aliphatic heterocycles. The minimum absolute atomic E-state index is 0.862. The Balaban J connectivity index is 0.994. The Morgan fingerprint density at radius 3 is 1.83 bits per heavy atom. The number of para-hydroxylation sites is 3. The summed E-state index contributed by atoms with van der Waals surface area (Å²) in [5, 5.41) is 9.69. The predicted octanol–water partition coefficient (Wildman–Crippen LogP) is 17.0. The molecule has 3 nitrogen and oxygen atoms in total. The van der Waals surface area contributed by atoms with Crippen LogP contribution in [0.4, 0.5) is 17.1 Å². The van der Waals surface area contributed by atoms with Crippen LogP contribution in [0.5, 0.6) is 0 Å². The number of fused-ring (bicyclic) bond motifs is 13. The highest BCUT2D eigenvalue weighted by Crippen LogP contribution is 2.48. The zero-order valence-electron chi connectivity index (χ0n) is 31.5. The molecule has 4 heterocycles. The average Bonchev–Trinajstić information content (AvgIpc) is 4.07. The molecule has 0 spiro atoms. The van der Waals surface area contributed by atoms with Gasteiger partial charge < -0.3 is 13.7 Å². The molecule has 0 atom stereocenters. The van der Waals surface area contributed by atoms with E-state index in [2.05, 4.69) is 181 Å². The first-order valence-electron chi connectivity index (χ1n) is 19.8. The number of nitrogens with zero attached hydrogens (tertiary/aromatic N) is 1. The zero-order valence-corrected chi connectivity index (χ0v) is 33.1. The summed E-state index contributed by atoms with van der Waals surface area (Å²) in [5.74, 6) is 0. The second-order valence-corrected chi connectivity index (χ2v) is 17.2. The number of anilines is 3. The lowest BCUT2D eigenvalue weighted by molar-refractivity contribution is 0.669. The predicted molar refractivity (Wildman–Crippen MR) is 252 cm³/mol. The molecule has 0 aliphatic carbocycles. The van der Waals surface area contributed by atoms with Crippen LogP contribution in [0.25, 0.3) is 106 Å². The van der Waals surface area contributed by atoms with Crippen LogP contribution < -0.4 is 4.90 Å². The number of benzene rings is 9. The van der Waals surface area contributed by atoms with Gasteiger partial charge >= 0.3 is 0 Å². The third-order valence-electron chi connectivity index (χ3n) is 11.9. The lowest BCUT2D eigenvalue weighted by Gasteiger charge is -2.26. The van der Waals surface area contributed by atoms with E-state index in [4.69, 9.17) is 8.83 Å². The Labute approximate surface area is 346 Å². The first-order chi connectivity index (χ1) is 29.2. The first kappa shape index (κ1) is 32.9. The van der Waals surface area contributed by atoms with Crippen molar-refractivity contribution in [3.8, 4) is 22.3 Å². The van der Waals surface area contributed by atoms with Gasteiger partial charge in [0.25, 0.3) is 0 Å². The highest BCUT2D eigenvalue weighted by atomic mass is 32.1. The van der Waals surface area contributed by atoms with Crippen molar-refractivity contribution in [3.63, 3.8) is 0 Å². The number of furan rings is 2. The van der Waals surface area contributed by atoms with Gasteiger partial charge in [-0.05, 0) is 82.9 Å². The molecule has 0 unspecified atom stereocenters. The van der Waals surface area contributed by atoms with Crippen molar-refractivity contribution in [1.82, 2.24) is 0 Å². The lowest BCUT2D eigenvalue weighted by Crippen LogP contribution is -2.10. The summed E-state index contributed by atoms with van der Waals surface area (Å²) in [7, 11) is 0. The van der Waals surface area contributed by atoms with Crippen molar-refractivity contribution in [2.24, 2.45) is 0 Å². The van der Waals surface area contributed by atoms with Crippen LogP contribution >= 0.6 is 22.7 Å². The fraction of sp³-hybridized carbons (Fsp3) is 0. The fourth-order valence-electron chi connectivity index (χ4n) is 9.20.